The largest absolute Gasteiger partial charge is 0.349 e. The Morgan fingerprint density at radius 1 is 1.26 bits per heavy atom. The van der Waals surface area contributed by atoms with Crippen LogP contribution in [-0.4, -0.2) is 26.5 Å². The van der Waals surface area contributed by atoms with E-state index in [0.717, 1.165) is 24.3 Å². The van der Waals surface area contributed by atoms with Crippen molar-refractivity contribution in [1.82, 2.24) is 19.9 Å². The van der Waals surface area contributed by atoms with Crippen LogP contribution >= 0.6 is 0 Å². The summed E-state index contributed by atoms with van der Waals surface area (Å²) < 4.78 is 1.84. The molecule has 19 heavy (non-hydrogen) atoms. The Kier molecular flexibility index (Phi) is 3.19. The van der Waals surface area contributed by atoms with Crippen molar-refractivity contribution in [2.45, 2.75) is 45.1 Å². The first-order chi connectivity index (χ1) is 9.24. The summed E-state index contributed by atoms with van der Waals surface area (Å²) in [5.74, 6) is 0.796. The quantitative estimate of drug-likeness (QED) is 0.897. The zero-order valence-corrected chi connectivity index (χ0v) is 11.1. The summed E-state index contributed by atoms with van der Waals surface area (Å²) in [6.07, 6.45) is 7.73. The lowest BCUT2D eigenvalue weighted by Crippen LogP contribution is -2.36. The number of hydrogen-bond donors (Lipinski definition) is 1. The lowest BCUT2D eigenvalue weighted by Gasteiger charge is -2.22. The number of hydrogen-bond acceptors (Lipinski definition) is 3. The summed E-state index contributed by atoms with van der Waals surface area (Å²) in [4.78, 5) is 12.2. The van der Waals surface area contributed by atoms with Gasteiger partial charge in [0.05, 0.1) is 5.56 Å². The molecule has 0 radical (unpaired) electrons. The second-order valence-corrected chi connectivity index (χ2v) is 5.20. The van der Waals surface area contributed by atoms with E-state index in [1.165, 1.54) is 19.3 Å². The lowest BCUT2D eigenvalue weighted by molar-refractivity contribution is 0.0927. The first-order valence-electron chi connectivity index (χ1n) is 6.86. The number of pyridine rings is 1. The van der Waals surface area contributed by atoms with Gasteiger partial charge in [-0.15, -0.1) is 10.2 Å². The van der Waals surface area contributed by atoms with Crippen LogP contribution in [-0.2, 0) is 0 Å². The first kappa shape index (κ1) is 12.1. The van der Waals surface area contributed by atoms with Gasteiger partial charge in [0, 0.05) is 12.2 Å². The number of aryl methyl sites for hydroxylation is 1. The molecule has 0 unspecified atom stereocenters. The van der Waals surface area contributed by atoms with Crippen molar-refractivity contribution in [3.8, 4) is 0 Å². The average molecular weight is 258 g/mol. The number of nitrogens with one attached hydrogen (secondary N) is 1. The van der Waals surface area contributed by atoms with Gasteiger partial charge in [-0.25, -0.2) is 0 Å². The average Bonchev–Trinajstić information content (AvgIpc) is 2.81. The third-order valence-electron chi connectivity index (χ3n) is 3.78. The molecule has 0 saturated heterocycles. The number of carbonyl (C=O) groups is 1. The topological polar surface area (TPSA) is 59.3 Å². The Morgan fingerprint density at radius 2 is 2.05 bits per heavy atom. The normalized spacial score (nSPS) is 16.7. The van der Waals surface area contributed by atoms with Crippen LogP contribution in [0.25, 0.3) is 5.65 Å². The van der Waals surface area contributed by atoms with Gasteiger partial charge in [0.25, 0.3) is 5.91 Å². The number of fused-ring (bicyclic) bond motifs is 1. The van der Waals surface area contributed by atoms with E-state index in [9.17, 15) is 4.79 Å². The molecule has 0 bridgehead atoms. The summed E-state index contributed by atoms with van der Waals surface area (Å²) in [6.45, 7) is 1.88. The molecule has 0 aliphatic heterocycles. The van der Waals surface area contributed by atoms with Gasteiger partial charge in [-0.05, 0) is 31.9 Å². The van der Waals surface area contributed by atoms with E-state index < -0.39 is 0 Å². The predicted octanol–water partition coefficient (Wildman–Crippen LogP) is 2.10. The van der Waals surface area contributed by atoms with Crippen molar-refractivity contribution >= 4 is 11.6 Å². The molecule has 5 nitrogen and oxygen atoms in total. The molecule has 1 aliphatic rings. The first-order valence-corrected chi connectivity index (χ1v) is 6.86. The van der Waals surface area contributed by atoms with E-state index in [1.807, 2.05) is 29.7 Å². The van der Waals surface area contributed by atoms with Crippen LogP contribution in [0.5, 0.6) is 0 Å². The van der Waals surface area contributed by atoms with Crippen molar-refractivity contribution < 1.29 is 4.79 Å². The maximum atomic E-state index is 12.2. The van der Waals surface area contributed by atoms with Gasteiger partial charge >= 0.3 is 0 Å². The number of nitrogens with zero attached hydrogens (tertiary/aromatic N) is 3. The Balaban J connectivity index is 1.78. The summed E-state index contributed by atoms with van der Waals surface area (Å²) >= 11 is 0. The van der Waals surface area contributed by atoms with Crippen LogP contribution in [0.1, 0.15) is 48.3 Å². The van der Waals surface area contributed by atoms with Gasteiger partial charge in [0.15, 0.2) is 5.65 Å². The number of carbonyl (C=O) groups excluding carboxylic acids is 1. The molecule has 5 heteroatoms. The van der Waals surface area contributed by atoms with Gasteiger partial charge in [-0.3, -0.25) is 9.20 Å². The summed E-state index contributed by atoms with van der Waals surface area (Å²) in [7, 11) is 0. The Bertz CT molecular complexity index is 599. The van der Waals surface area contributed by atoms with Gasteiger partial charge < -0.3 is 5.32 Å². The van der Waals surface area contributed by atoms with E-state index in [0.29, 0.717) is 11.6 Å². The molecule has 2 aromatic rings. The summed E-state index contributed by atoms with van der Waals surface area (Å²) in [5.41, 5.74) is 1.44. The third kappa shape index (κ3) is 2.45. The minimum atomic E-state index is 0.00176. The number of amides is 1. The van der Waals surface area contributed by atoms with Crippen molar-refractivity contribution in [1.29, 1.82) is 0 Å². The van der Waals surface area contributed by atoms with E-state index in [-0.39, 0.29) is 5.91 Å². The Hall–Kier alpha value is -1.91. The zero-order valence-electron chi connectivity index (χ0n) is 11.1. The number of aromatic nitrogens is 3. The van der Waals surface area contributed by atoms with Gasteiger partial charge in [-0.2, -0.15) is 0 Å². The van der Waals surface area contributed by atoms with Crippen LogP contribution in [0.4, 0.5) is 0 Å². The highest BCUT2D eigenvalue weighted by atomic mass is 16.1. The minimum absolute atomic E-state index is 0.00176. The van der Waals surface area contributed by atoms with E-state index in [1.54, 1.807) is 0 Å². The van der Waals surface area contributed by atoms with E-state index >= 15 is 0 Å². The predicted molar refractivity (Wildman–Crippen MR) is 72.1 cm³/mol. The molecule has 2 aromatic heterocycles. The highest BCUT2D eigenvalue weighted by Crippen LogP contribution is 2.18. The summed E-state index contributed by atoms with van der Waals surface area (Å²) in [6, 6.07) is 3.97. The van der Waals surface area contributed by atoms with E-state index in [4.69, 9.17) is 0 Å². The molecule has 1 fully saturated rings. The van der Waals surface area contributed by atoms with Gasteiger partial charge in [-0.1, -0.05) is 19.3 Å². The standard InChI is InChI=1S/C14H18N4O/c1-10-16-17-13-8-7-11(9-18(10)13)14(19)15-12-5-3-2-4-6-12/h7-9,12H,2-6H2,1H3,(H,15,19). The maximum absolute atomic E-state index is 12.2. The SMILES string of the molecule is Cc1nnc2ccc(C(=O)NC3CCCCC3)cn12. The van der Waals surface area contributed by atoms with Crippen LogP contribution in [0.2, 0.25) is 0 Å². The summed E-state index contributed by atoms with van der Waals surface area (Å²) in [5, 5.41) is 11.1. The highest BCUT2D eigenvalue weighted by molar-refractivity contribution is 5.94. The Labute approximate surface area is 112 Å². The second kappa shape index (κ2) is 4.99. The van der Waals surface area contributed by atoms with Gasteiger partial charge in [0.2, 0.25) is 0 Å². The second-order valence-electron chi connectivity index (χ2n) is 5.20. The molecular weight excluding hydrogens is 240 g/mol. The van der Waals surface area contributed by atoms with Crippen molar-refractivity contribution in [2.24, 2.45) is 0 Å². The molecule has 0 spiro atoms. The fourth-order valence-electron chi connectivity index (χ4n) is 2.66. The highest BCUT2D eigenvalue weighted by Gasteiger charge is 2.17. The van der Waals surface area contributed by atoms with Crippen molar-refractivity contribution in [2.75, 3.05) is 0 Å². The van der Waals surface area contributed by atoms with Crippen LogP contribution in [0.15, 0.2) is 18.3 Å². The molecule has 1 N–H and O–H groups in total. The van der Waals surface area contributed by atoms with Crippen LogP contribution in [0.3, 0.4) is 0 Å². The molecule has 1 saturated carbocycles. The van der Waals surface area contributed by atoms with Crippen molar-refractivity contribution in [3.05, 3.63) is 29.7 Å². The monoisotopic (exact) mass is 258 g/mol. The zero-order chi connectivity index (χ0) is 13.2. The van der Waals surface area contributed by atoms with E-state index in [2.05, 4.69) is 15.5 Å². The smallest absolute Gasteiger partial charge is 0.252 e. The van der Waals surface area contributed by atoms with Crippen molar-refractivity contribution in [3.63, 3.8) is 0 Å². The maximum Gasteiger partial charge on any atom is 0.252 e. The molecule has 0 atom stereocenters. The molecule has 2 heterocycles. The molecule has 1 aliphatic carbocycles. The van der Waals surface area contributed by atoms with Crippen LogP contribution < -0.4 is 5.32 Å². The number of rotatable bonds is 2. The molecular formula is C14H18N4O. The fraction of sp³-hybridized carbons (Fsp3) is 0.500. The molecule has 1 amide bonds. The molecule has 100 valence electrons. The minimum Gasteiger partial charge on any atom is -0.349 e. The molecule has 0 aromatic carbocycles. The lowest BCUT2D eigenvalue weighted by atomic mass is 9.95. The van der Waals surface area contributed by atoms with Gasteiger partial charge in [0.1, 0.15) is 5.82 Å². The fourth-order valence-corrected chi connectivity index (χ4v) is 2.66. The molecule has 3 rings (SSSR count). The third-order valence-corrected chi connectivity index (χ3v) is 3.78. The van der Waals surface area contributed by atoms with Crippen LogP contribution in [0, 0.1) is 6.92 Å². The Morgan fingerprint density at radius 3 is 2.84 bits per heavy atom.